The molecule has 1 aromatic carbocycles. The third-order valence-electron chi connectivity index (χ3n) is 2.10. The molecule has 0 saturated carbocycles. The van der Waals surface area contributed by atoms with Crippen LogP contribution in [0.3, 0.4) is 0 Å². The van der Waals surface area contributed by atoms with Crippen LogP contribution < -0.4 is 5.73 Å². The maximum absolute atomic E-state index is 10.7. The molecular weight excluding hydrogens is 272 g/mol. The van der Waals surface area contributed by atoms with Crippen molar-refractivity contribution in [3.63, 3.8) is 0 Å². The summed E-state index contributed by atoms with van der Waals surface area (Å²) in [5.74, 6) is 0.779. The number of nitro groups is 1. The van der Waals surface area contributed by atoms with Crippen molar-refractivity contribution in [2.45, 2.75) is 22.6 Å². The number of nitrogens with two attached hydrogens (primary N) is 1. The Morgan fingerprint density at radius 2 is 2.28 bits per heavy atom. The van der Waals surface area contributed by atoms with E-state index in [0.717, 1.165) is 16.6 Å². The van der Waals surface area contributed by atoms with E-state index in [1.165, 1.54) is 35.4 Å². The van der Waals surface area contributed by atoms with Crippen LogP contribution in [0.15, 0.2) is 27.4 Å². The van der Waals surface area contributed by atoms with Gasteiger partial charge in [0.25, 0.3) is 5.69 Å². The molecule has 1 heterocycles. The number of aryl methyl sites for hydroxylation is 1. The molecule has 8 heteroatoms. The average Bonchev–Trinajstić information content (AvgIpc) is 2.76. The van der Waals surface area contributed by atoms with Gasteiger partial charge in [0.05, 0.1) is 4.92 Å². The van der Waals surface area contributed by atoms with Crippen molar-refractivity contribution in [2.24, 2.45) is 0 Å². The first-order valence-electron chi connectivity index (χ1n) is 5.14. The van der Waals surface area contributed by atoms with Gasteiger partial charge in [-0.25, -0.2) is 4.98 Å². The van der Waals surface area contributed by atoms with Crippen LogP contribution in [-0.2, 0) is 6.42 Å². The number of aromatic nitrogens is 2. The van der Waals surface area contributed by atoms with E-state index < -0.39 is 4.92 Å². The molecule has 18 heavy (non-hydrogen) atoms. The minimum atomic E-state index is -0.460. The lowest BCUT2D eigenvalue weighted by molar-refractivity contribution is -0.385. The molecule has 1 aromatic heterocycles. The first kappa shape index (κ1) is 12.8. The van der Waals surface area contributed by atoms with Gasteiger partial charge in [0, 0.05) is 29.1 Å². The maximum atomic E-state index is 10.7. The topological polar surface area (TPSA) is 94.9 Å². The van der Waals surface area contributed by atoms with E-state index in [4.69, 9.17) is 5.73 Å². The van der Waals surface area contributed by atoms with E-state index in [9.17, 15) is 10.1 Å². The van der Waals surface area contributed by atoms with Crippen molar-refractivity contribution >= 4 is 34.7 Å². The summed E-state index contributed by atoms with van der Waals surface area (Å²) in [5, 5.41) is 10.7. The second kappa shape index (κ2) is 5.32. The molecule has 0 aliphatic carbocycles. The normalized spacial score (nSPS) is 10.5. The Bertz CT molecular complexity index is 585. The van der Waals surface area contributed by atoms with Crippen LogP contribution in [-0.4, -0.2) is 14.3 Å². The summed E-state index contributed by atoms with van der Waals surface area (Å²) in [6.07, 6.45) is 0.772. The Hall–Kier alpha value is -1.67. The molecule has 0 saturated heterocycles. The molecule has 0 spiro atoms. The fourth-order valence-corrected chi connectivity index (χ4v) is 3.07. The van der Waals surface area contributed by atoms with Gasteiger partial charge in [-0.3, -0.25) is 10.1 Å². The molecule has 2 rings (SSSR count). The number of nitro benzene ring substituents is 1. The summed E-state index contributed by atoms with van der Waals surface area (Å²) in [4.78, 5) is 15.2. The molecule has 0 aliphatic heterocycles. The molecule has 6 nitrogen and oxygen atoms in total. The summed E-state index contributed by atoms with van der Waals surface area (Å²) in [6, 6.07) is 4.50. The van der Waals surface area contributed by atoms with Crippen LogP contribution in [0.25, 0.3) is 0 Å². The molecule has 0 amide bonds. The van der Waals surface area contributed by atoms with Crippen LogP contribution in [0.2, 0.25) is 0 Å². The molecule has 0 aliphatic rings. The monoisotopic (exact) mass is 282 g/mol. The molecule has 0 atom stereocenters. The van der Waals surface area contributed by atoms with Crippen molar-refractivity contribution < 1.29 is 4.92 Å². The van der Waals surface area contributed by atoms with E-state index in [0.29, 0.717) is 10.6 Å². The number of nitrogen functional groups attached to an aromatic ring is 1. The highest BCUT2D eigenvalue weighted by Crippen LogP contribution is 2.32. The van der Waals surface area contributed by atoms with Crippen molar-refractivity contribution in [3.05, 3.63) is 34.1 Å². The Morgan fingerprint density at radius 1 is 1.50 bits per heavy atom. The summed E-state index contributed by atoms with van der Waals surface area (Å²) < 4.78 is 4.91. The molecule has 2 N–H and O–H groups in total. The fourth-order valence-electron chi connectivity index (χ4n) is 1.29. The van der Waals surface area contributed by atoms with Gasteiger partial charge in [-0.15, -0.1) is 0 Å². The van der Waals surface area contributed by atoms with Gasteiger partial charge in [-0.05, 0) is 17.6 Å². The van der Waals surface area contributed by atoms with E-state index in [1.54, 1.807) is 6.07 Å². The Labute approximate surface area is 112 Å². The quantitative estimate of drug-likeness (QED) is 0.526. The number of anilines is 1. The number of non-ortho nitro benzene ring substituents is 1. The highest BCUT2D eigenvalue weighted by molar-refractivity contribution is 8.01. The molecule has 0 radical (unpaired) electrons. The smallest absolute Gasteiger partial charge is 0.272 e. The van der Waals surface area contributed by atoms with E-state index in [-0.39, 0.29) is 5.69 Å². The van der Waals surface area contributed by atoms with Gasteiger partial charge in [0.2, 0.25) is 0 Å². The Morgan fingerprint density at radius 3 is 2.89 bits per heavy atom. The van der Waals surface area contributed by atoms with E-state index >= 15 is 0 Å². The SMILES string of the molecule is CCc1nsc(Sc2cc(N)cc([N+](=O)[O-])c2)n1. The third kappa shape index (κ3) is 2.96. The van der Waals surface area contributed by atoms with Crippen molar-refractivity contribution in [1.29, 1.82) is 0 Å². The number of hydrogen-bond acceptors (Lipinski definition) is 7. The number of rotatable bonds is 4. The van der Waals surface area contributed by atoms with Crippen LogP contribution >= 0.6 is 23.3 Å². The summed E-state index contributed by atoms with van der Waals surface area (Å²) in [7, 11) is 0. The van der Waals surface area contributed by atoms with Gasteiger partial charge in [0.15, 0.2) is 4.34 Å². The minimum Gasteiger partial charge on any atom is -0.398 e. The number of benzene rings is 1. The minimum absolute atomic E-state index is 0.0160. The summed E-state index contributed by atoms with van der Waals surface area (Å²) >= 11 is 2.61. The summed E-state index contributed by atoms with van der Waals surface area (Å²) in [6.45, 7) is 1.97. The first-order valence-corrected chi connectivity index (χ1v) is 6.73. The van der Waals surface area contributed by atoms with Crippen LogP contribution in [0.5, 0.6) is 0 Å². The highest BCUT2D eigenvalue weighted by atomic mass is 32.2. The zero-order valence-corrected chi connectivity index (χ0v) is 11.1. The van der Waals surface area contributed by atoms with Crippen LogP contribution in [0.4, 0.5) is 11.4 Å². The van der Waals surface area contributed by atoms with Crippen molar-refractivity contribution in [1.82, 2.24) is 9.36 Å². The summed E-state index contributed by atoms with van der Waals surface area (Å²) in [5.41, 5.74) is 5.98. The first-order chi connectivity index (χ1) is 8.58. The predicted octanol–water partition coefficient (Wildman–Crippen LogP) is 2.74. The molecule has 0 bridgehead atoms. The van der Waals surface area contributed by atoms with E-state index in [1.807, 2.05) is 6.92 Å². The third-order valence-corrected chi connectivity index (χ3v) is 3.86. The van der Waals surface area contributed by atoms with Crippen LogP contribution in [0.1, 0.15) is 12.7 Å². The lowest BCUT2D eigenvalue weighted by atomic mass is 10.3. The van der Waals surface area contributed by atoms with Crippen molar-refractivity contribution in [3.8, 4) is 0 Å². The van der Waals surface area contributed by atoms with Gasteiger partial charge >= 0.3 is 0 Å². The van der Waals surface area contributed by atoms with Gasteiger partial charge in [-0.2, -0.15) is 4.37 Å². The van der Waals surface area contributed by atoms with Gasteiger partial charge in [-0.1, -0.05) is 18.7 Å². The number of hydrogen-bond donors (Lipinski definition) is 1. The zero-order valence-electron chi connectivity index (χ0n) is 9.49. The highest BCUT2D eigenvalue weighted by Gasteiger charge is 2.11. The second-order valence-corrected chi connectivity index (χ2v) is 5.52. The Kier molecular flexibility index (Phi) is 3.78. The van der Waals surface area contributed by atoms with Crippen molar-refractivity contribution in [2.75, 3.05) is 5.73 Å². The second-order valence-electron chi connectivity index (χ2n) is 3.45. The average molecular weight is 282 g/mol. The Balaban J connectivity index is 2.25. The lowest BCUT2D eigenvalue weighted by Crippen LogP contribution is -1.92. The zero-order chi connectivity index (χ0) is 13.1. The predicted molar refractivity (Wildman–Crippen MR) is 70.9 cm³/mol. The molecule has 94 valence electrons. The lowest BCUT2D eigenvalue weighted by Gasteiger charge is -2.00. The standard InChI is InChI=1S/C10H10N4O2S2/c1-2-9-12-10(18-13-9)17-8-4-6(11)3-7(5-8)14(15)16/h3-5H,2,11H2,1H3. The maximum Gasteiger partial charge on any atom is 0.272 e. The molecule has 2 aromatic rings. The molecule has 0 fully saturated rings. The van der Waals surface area contributed by atoms with Crippen LogP contribution in [0, 0.1) is 10.1 Å². The number of nitrogens with zero attached hydrogens (tertiary/aromatic N) is 3. The fraction of sp³-hybridized carbons (Fsp3) is 0.200. The van der Waals surface area contributed by atoms with E-state index in [2.05, 4.69) is 9.36 Å². The largest absolute Gasteiger partial charge is 0.398 e. The molecule has 0 unspecified atom stereocenters. The molecular formula is C10H10N4O2S2. The van der Waals surface area contributed by atoms with Gasteiger partial charge in [0.1, 0.15) is 5.82 Å². The van der Waals surface area contributed by atoms with Gasteiger partial charge < -0.3 is 5.73 Å².